The Bertz CT molecular complexity index is 395. The smallest absolute Gasteiger partial charge is 0.306 e. The van der Waals surface area contributed by atoms with Crippen LogP contribution in [0.2, 0.25) is 0 Å². The Morgan fingerprint density at radius 2 is 2.26 bits per heavy atom. The van der Waals surface area contributed by atoms with Crippen LogP contribution in [-0.4, -0.2) is 25.4 Å². The number of rotatable bonds is 8. The van der Waals surface area contributed by atoms with Crippen LogP contribution in [0.3, 0.4) is 0 Å². The van der Waals surface area contributed by atoms with Crippen LogP contribution in [0.15, 0.2) is 29.2 Å². The molecule has 1 rings (SSSR count). The normalized spacial score (nSPS) is 12.2. The molecule has 0 bridgehead atoms. The second-order valence-corrected chi connectivity index (χ2v) is 5.59. The molecule has 1 N–H and O–H groups in total. The first-order valence-electron chi connectivity index (χ1n) is 6.70. The van der Waals surface area contributed by atoms with Gasteiger partial charge in [-0.2, -0.15) is 0 Å². The van der Waals surface area contributed by atoms with Crippen LogP contribution in [0.5, 0.6) is 0 Å². The summed E-state index contributed by atoms with van der Waals surface area (Å²) in [5.41, 5.74) is 1.29. The van der Waals surface area contributed by atoms with Crippen LogP contribution in [0, 0.1) is 0 Å². The summed E-state index contributed by atoms with van der Waals surface area (Å²) in [4.78, 5) is 12.3. The van der Waals surface area contributed by atoms with Gasteiger partial charge in [-0.25, -0.2) is 0 Å². The van der Waals surface area contributed by atoms with Crippen molar-refractivity contribution in [3.05, 3.63) is 29.8 Å². The van der Waals surface area contributed by atoms with Gasteiger partial charge in [0, 0.05) is 16.7 Å². The van der Waals surface area contributed by atoms with E-state index in [1.54, 1.807) is 11.8 Å². The molecule has 0 amide bonds. The van der Waals surface area contributed by atoms with Gasteiger partial charge in [-0.1, -0.05) is 19.1 Å². The number of nitrogens with one attached hydrogen (secondary N) is 1. The van der Waals surface area contributed by atoms with Crippen LogP contribution < -0.4 is 5.32 Å². The maximum Gasteiger partial charge on any atom is 0.306 e. The minimum Gasteiger partial charge on any atom is -0.469 e. The predicted molar refractivity (Wildman–Crippen MR) is 80.5 cm³/mol. The Labute approximate surface area is 120 Å². The number of carbonyl (C=O) groups is 1. The van der Waals surface area contributed by atoms with E-state index in [-0.39, 0.29) is 5.97 Å². The van der Waals surface area contributed by atoms with Crippen molar-refractivity contribution in [3.63, 3.8) is 0 Å². The zero-order valence-electron chi connectivity index (χ0n) is 11.9. The van der Waals surface area contributed by atoms with Gasteiger partial charge in [0.1, 0.15) is 0 Å². The molecule has 0 fully saturated rings. The third-order valence-corrected chi connectivity index (χ3v) is 3.86. The first-order chi connectivity index (χ1) is 9.17. The number of ether oxygens (including phenoxy) is 1. The van der Waals surface area contributed by atoms with Gasteiger partial charge in [0.2, 0.25) is 0 Å². The van der Waals surface area contributed by atoms with E-state index < -0.39 is 0 Å². The minimum absolute atomic E-state index is 0.151. The van der Waals surface area contributed by atoms with Gasteiger partial charge in [0.25, 0.3) is 0 Å². The molecule has 1 aromatic carbocycles. The topological polar surface area (TPSA) is 38.3 Å². The lowest BCUT2D eigenvalue weighted by Crippen LogP contribution is -2.19. The van der Waals surface area contributed by atoms with Crippen molar-refractivity contribution in [1.29, 1.82) is 0 Å². The number of esters is 1. The van der Waals surface area contributed by atoms with E-state index in [2.05, 4.69) is 48.2 Å². The van der Waals surface area contributed by atoms with E-state index in [0.29, 0.717) is 12.5 Å². The summed E-state index contributed by atoms with van der Waals surface area (Å²) in [6.45, 7) is 5.37. The van der Waals surface area contributed by atoms with Crippen molar-refractivity contribution < 1.29 is 9.53 Å². The maximum atomic E-state index is 11.0. The summed E-state index contributed by atoms with van der Waals surface area (Å²) in [6.07, 6.45) is 1.59. The Morgan fingerprint density at radius 3 is 2.95 bits per heavy atom. The van der Waals surface area contributed by atoms with Crippen molar-refractivity contribution in [2.24, 2.45) is 0 Å². The molecule has 0 aliphatic rings. The molecule has 0 radical (unpaired) electrons. The summed E-state index contributed by atoms with van der Waals surface area (Å²) in [5.74, 6) is 0.606. The second-order valence-electron chi connectivity index (χ2n) is 4.42. The highest BCUT2D eigenvalue weighted by molar-refractivity contribution is 7.99. The number of hydrogen-bond acceptors (Lipinski definition) is 4. The van der Waals surface area contributed by atoms with Gasteiger partial charge in [0.05, 0.1) is 13.5 Å². The molecule has 3 nitrogen and oxygen atoms in total. The zero-order valence-corrected chi connectivity index (χ0v) is 12.8. The first-order valence-corrected chi connectivity index (χ1v) is 7.69. The lowest BCUT2D eigenvalue weighted by atomic mass is 10.1. The summed E-state index contributed by atoms with van der Waals surface area (Å²) >= 11 is 1.69. The summed E-state index contributed by atoms with van der Waals surface area (Å²) in [5, 5.41) is 3.48. The number of benzene rings is 1. The molecule has 106 valence electrons. The van der Waals surface area contributed by atoms with Gasteiger partial charge in [0.15, 0.2) is 0 Å². The number of methoxy groups -OCH3 is 1. The summed E-state index contributed by atoms with van der Waals surface area (Å²) in [7, 11) is 1.43. The summed E-state index contributed by atoms with van der Waals surface area (Å²) < 4.78 is 4.63. The van der Waals surface area contributed by atoms with Gasteiger partial charge in [-0.05, 0) is 37.6 Å². The number of carbonyl (C=O) groups excluding carboxylic acids is 1. The molecule has 1 unspecified atom stereocenters. The molecule has 0 saturated carbocycles. The van der Waals surface area contributed by atoms with Gasteiger partial charge < -0.3 is 10.1 Å². The highest BCUT2D eigenvalue weighted by Crippen LogP contribution is 2.23. The fraction of sp³-hybridized carbons (Fsp3) is 0.533. The molecule has 0 aliphatic heterocycles. The molecular formula is C15H23NO2S. The molecule has 1 aromatic rings. The van der Waals surface area contributed by atoms with E-state index in [1.807, 2.05) is 0 Å². The van der Waals surface area contributed by atoms with Crippen LogP contribution in [-0.2, 0) is 9.53 Å². The third kappa shape index (κ3) is 6.12. The average molecular weight is 281 g/mol. The zero-order chi connectivity index (χ0) is 14.1. The van der Waals surface area contributed by atoms with Crippen molar-refractivity contribution in [1.82, 2.24) is 5.32 Å². The van der Waals surface area contributed by atoms with E-state index in [9.17, 15) is 4.79 Å². The Kier molecular flexibility index (Phi) is 7.60. The van der Waals surface area contributed by atoms with Gasteiger partial charge in [-0.3, -0.25) is 4.79 Å². The molecule has 0 aromatic heterocycles. The number of hydrogen-bond donors (Lipinski definition) is 1. The second kappa shape index (κ2) is 8.99. The van der Waals surface area contributed by atoms with Crippen molar-refractivity contribution in [2.45, 2.75) is 37.6 Å². The highest BCUT2D eigenvalue weighted by atomic mass is 32.2. The van der Waals surface area contributed by atoms with Crippen LogP contribution in [0.25, 0.3) is 0 Å². The van der Waals surface area contributed by atoms with Crippen LogP contribution >= 0.6 is 11.8 Å². The van der Waals surface area contributed by atoms with E-state index in [4.69, 9.17) is 0 Å². The Hall–Kier alpha value is -1.00. The lowest BCUT2D eigenvalue weighted by molar-refractivity contribution is -0.140. The molecule has 1 atom stereocenters. The molecule has 0 heterocycles. The predicted octanol–water partition coefficient (Wildman–Crippen LogP) is 3.40. The van der Waals surface area contributed by atoms with E-state index in [0.717, 1.165) is 18.7 Å². The van der Waals surface area contributed by atoms with Crippen molar-refractivity contribution in [3.8, 4) is 0 Å². The number of thioether (sulfide) groups is 1. The van der Waals surface area contributed by atoms with Crippen molar-refractivity contribution in [2.75, 3.05) is 19.4 Å². The minimum atomic E-state index is -0.151. The Balaban J connectivity index is 2.49. The largest absolute Gasteiger partial charge is 0.469 e. The molecule has 4 heteroatoms. The fourth-order valence-electron chi connectivity index (χ4n) is 1.71. The fourth-order valence-corrected chi connectivity index (χ4v) is 2.61. The van der Waals surface area contributed by atoms with E-state index >= 15 is 0 Å². The third-order valence-electron chi connectivity index (χ3n) is 2.86. The first kappa shape index (κ1) is 16.1. The van der Waals surface area contributed by atoms with Crippen LogP contribution in [0.4, 0.5) is 0 Å². The van der Waals surface area contributed by atoms with E-state index in [1.165, 1.54) is 17.6 Å². The maximum absolute atomic E-state index is 11.0. The quantitative estimate of drug-likeness (QED) is 0.585. The lowest BCUT2D eigenvalue weighted by Gasteiger charge is -2.14. The monoisotopic (exact) mass is 281 g/mol. The van der Waals surface area contributed by atoms with Gasteiger partial charge in [-0.15, -0.1) is 11.8 Å². The average Bonchev–Trinajstić information content (AvgIpc) is 2.44. The molecule has 19 heavy (non-hydrogen) atoms. The van der Waals surface area contributed by atoms with Crippen molar-refractivity contribution >= 4 is 17.7 Å². The molecular weight excluding hydrogens is 258 g/mol. The standard InChI is InChI=1S/C15H23NO2S/c1-4-9-16-12(2)13-6-5-7-14(11-13)19-10-8-15(17)18-3/h5-7,11-12,16H,4,8-10H2,1-3H3. The molecule has 0 aliphatic carbocycles. The molecule has 0 saturated heterocycles. The summed E-state index contributed by atoms with van der Waals surface area (Å²) in [6, 6.07) is 8.84. The highest BCUT2D eigenvalue weighted by Gasteiger charge is 2.06. The van der Waals surface area contributed by atoms with Crippen LogP contribution in [0.1, 0.15) is 38.3 Å². The Morgan fingerprint density at radius 1 is 1.47 bits per heavy atom. The van der Waals surface area contributed by atoms with Gasteiger partial charge >= 0.3 is 5.97 Å². The SMILES string of the molecule is CCCNC(C)c1cccc(SCCC(=O)OC)c1. The molecule has 0 spiro atoms.